The SMILES string of the molecule is O=C(N/N=C/c1cc([N+](=O)[O-])ccc1OC(=O)c1ccccc1)c1ccc(NC(=O)c2ccc(Cl)cc2)cc1. The van der Waals surface area contributed by atoms with Crippen LogP contribution >= 0.6 is 11.6 Å². The number of non-ortho nitro benzene ring substituents is 1. The third-order valence-corrected chi connectivity index (χ3v) is 5.55. The van der Waals surface area contributed by atoms with Gasteiger partial charge in [-0.25, -0.2) is 10.2 Å². The molecule has 0 saturated heterocycles. The summed E-state index contributed by atoms with van der Waals surface area (Å²) in [6, 6.07) is 24.3. The highest BCUT2D eigenvalue weighted by Crippen LogP contribution is 2.24. The summed E-state index contributed by atoms with van der Waals surface area (Å²) in [4.78, 5) is 47.9. The van der Waals surface area contributed by atoms with Gasteiger partial charge in [0.1, 0.15) is 5.75 Å². The van der Waals surface area contributed by atoms with Crippen LogP contribution in [0.4, 0.5) is 11.4 Å². The van der Waals surface area contributed by atoms with E-state index in [2.05, 4.69) is 15.8 Å². The Kier molecular flexibility index (Phi) is 8.40. The van der Waals surface area contributed by atoms with Crippen molar-refractivity contribution in [1.29, 1.82) is 0 Å². The van der Waals surface area contributed by atoms with E-state index in [4.69, 9.17) is 16.3 Å². The van der Waals surface area contributed by atoms with Gasteiger partial charge in [0.2, 0.25) is 0 Å². The normalized spacial score (nSPS) is 10.6. The van der Waals surface area contributed by atoms with Gasteiger partial charge in [-0.05, 0) is 66.7 Å². The average molecular weight is 543 g/mol. The Morgan fingerprint density at radius 1 is 0.821 bits per heavy atom. The second-order valence-electron chi connectivity index (χ2n) is 7.97. The Balaban J connectivity index is 1.42. The van der Waals surface area contributed by atoms with Crippen LogP contribution in [0.15, 0.2) is 102 Å². The summed E-state index contributed by atoms with van der Waals surface area (Å²) >= 11 is 5.84. The molecular weight excluding hydrogens is 524 g/mol. The molecule has 0 atom stereocenters. The summed E-state index contributed by atoms with van der Waals surface area (Å²) in [5.74, 6) is -1.55. The summed E-state index contributed by atoms with van der Waals surface area (Å²) in [5, 5.41) is 18.3. The number of nitro groups is 1. The molecule has 0 fully saturated rings. The summed E-state index contributed by atoms with van der Waals surface area (Å²) in [5.41, 5.74) is 3.60. The van der Waals surface area contributed by atoms with Gasteiger partial charge in [-0.2, -0.15) is 5.10 Å². The highest BCUT2D eigenvalue weighted by Gasteiger charge is 2.15. The molecule has 11 heteroatoms. The molecular formula is C28H19ClN4O6. The number of hydrogen-bond acceptors (Lipinski definition) is 7. The van der Waals surface area contributed by atoms with E-state index in [1.54, 1.807) is 66.7 Å². The van der Waals surface area contributed by atoms with Crippen molar-refractivity contribution in [2.45, 2.75) is 0 Å². The zero-order valence-electron chi connectivity index (χ0n) is 20.0. The van der Waals surface area contributed by atoms with Crippen molar-refractivity contribution in [3.63, 3.8) is 0 Å². The van der Waals surface area contributed by atoms with Crippen LogP contribution in [-0.4, -0.2) is 28.9 Å². The van der Waals surface area contributed by atoms with Crippen LogP contribution in [0.1, 0.15) is 36.6 Å². The number of rotatable bonds is 8. The lowest BCUT2D eigenvalue weighted by atomic mass is 10.1. The highest BCUT2D eigenvalue weighted by molar-refractivity contribution is 6.30. The molecule has 2 amide bonds. The van der Waals surface area contributed by atoms with Crippen molar-refractivity contribution in [3.05, 3.63) is 134 Å². The number of hydrogen-bond donors (Lipinski definition) is 2. The van der Waals surface area contributed by atoms with Gasteiger partial charge < -0.3 is 10.1 Å². The predicted octanol–water partition coefficient (Wildman–Crippen LogP) is 5.48. The standard InChI is InChI=1S/C28H19ClN4O6/c29-22-10-6-18(7-11-22)26(34)31-23-12-8-19(9-13-23)27(35)32-30-17-21-16-24(33(37)38)14-15-25(21)39-28(36)20-4-2-1-3-5-20/h1-17H,(H,31,34)(H,32,35)/b30-17+. The number of halogens is 1. The fourth-order valence-electron chi connectivity index (χ4n) is 3.31. The molecule has 0 saturated carbocycles. The molecule has 0 spiro atoms. The molecule has 2 N–H and O–H groups in total. The van der Waals surface area contributed by atoms with Gasteiger partial charge in [0, 0.05) is 39.5 Å². The summed E-state index contributed by atoms with van der Waals surface area (Å²) in [6.07, 6.45) is 1.14. The molecule has 4 aromatic rings. The number of benzene rings is 4. The zero-order chi connectivity index (χ0) is 27.8. The van der Waals surface area contributed by atoms with Crippen LogP contribution in [0.3, 0.4) is 0 Å². The van der Waals surface area contributed by atoms with Crippen LogP contribution in [0.2, 0.25) is 5.02 Å². The van der Waals surface area contributed by atoms with E-state index in [-0.39, 0.29) is 28.5 Å². The van der Waals surface area contributed by atoms with E-state index in [0.717, 1.165) is 6.21 Å². The number of anilines is 1. The Morgan fingerprint density at radius 2 is 1.46 bits per heavy atom. The van der Waals surface area contributed by atoms with Crippen LogP contribution in [0, 0.1) is 10.1 Å². The number of hydrazone groups is 1. The van der Waals surface area contributed by atoms with Crippen LogP contribution in [0.25, 0.3) is 0 Å². The van der Waals surface area contributed by atoms with Crippen molar-refractivity contribution in [3.8, 4) is 5.75 Å². The molecule has 0 bridgehead atoms. The lowest BCUT2D eigenvalue weighted by molar-refractivity contribution is -0.384. The number of carbonyl (C=O) groups excluding carboxylic acids is 3. The van der Waals surface area contributed by atoms with E-state index in [9.17, 15) is 24.5 Å². The maximum atomic E-state index is 12.5. The third kappa shape index (κ3) is 7.12. The number of nitro benzene ring substituents is 1. The number of nitrogens with one attached hydrogen (secondary N) is 2. The fourth-order valence-corrected chi connectivity index (χ4v) is 3.44. The smallest absolute Gasteiger partial charge is 0.343 e. The first-order valence-corrected chi connectivity index (χ1v) is 11.7. The van der Waals surface area contributed by atoms with Crippen molar-refractivity contribution in [1.82, 2.24) is 5.43 Å². The van der Waals surface area contributed by atoms with Crippen molar-refractivity contribution < 1.29 is 24.0 Å². The number of nitrogens with zero attached hydrogens (tertiary/aromatic N) is 2. The second kappa shape index (κ2) is 12.3. The fraction of sp³-hybridized carbons (Fsp3) is 0. The monoisotopic (exact) mass is 542 g/mol. The van der Waals surface area contributed by atoms with Gasteiger partial charge in [-0.3, -0.25) is 19.7 Å². The van der Waals surface area contributed by atoms with E-state index in [0.29, 0.717) is 21.8 Å². The second-order valence-corrected chi connectivity index (χ2v) is 8.41. The van der Waals surface area contributed by atoms with Gasteiger partial charge in [-0.15, -0.1) is 0 Å². The molecule has 0 aromatic heterocycles. The first kappa shape index (κ1) is 26.7. The van der Waals surface area contributed by atoms with Gasteiger partial charge >= 0.3 is 5.97 Å². The number of amides is 2. The maximum absolute atomic E-state index is 12.5. The third-order valence-electron chi connectivity index (χ3n) is 5.30. The number of carbonyl (C=O) groups is 3. The summed E-state index contributed by atoms with van der Waals surface area (Å²) < 4.78 is 5.38. The molecule has 0 radical (unpaired) electrons. The van der Waals surface area contributed by atoms with Gasteiger partial charge in [0.05, 0.1) is 16.7 Å². The van der Waals surface area contributed by atoms with E-state index in [1.165, 1.54) is 30.3 Å². The Bertz CT molecular complexity index is 1560. The van der Waals surface area contributed by atoms with Crippen LogP contribution < -0.4 is 15.5 Å². The Hall–Kier alpha value is -5.35. The minimum atomic E-state index is -0.661. The first-order chi connectivity index (χ1) is 18.8. The van der Waals surface area contributed by atoms with E-state index in [1.807, 2.05) is 0 Å². The topological polar surface area (TPSA) is 140 Å². The Labute approximate surface area is 227 Å². The molecule has 10 nitrogen and oxygen atoms in total. The molecule has 0 aliphatic rings. The van der Waals surface area contributed by atoms with Crippen molar-refractivity contribution in [2.75, 3.05) is 5.32 Å². The van der Waals surface area contributed by atoms with E-state index >= 15 is 0 Å². The molecule has 0 aliphatic heterocycles. The lowest BCUT2D eigenvalue weighted by Gasteiger charge is -2.08. The molecule has 194 valence electrons. The maximum Gasteiger partial charge on any atom is 0.343 e. The molecule has 0 unspecified atom stereocenters. The number of esters is 1. The zero-order valence-corrected chi connectivity index (χ0v) is 20.8. The molecule has 4 aromatic carbocycles. The Morgan fingerprint density at radius 3 is 2.13 bits per heavy atom. The average Bonchev–Trinajstić information content (AvgIpc) is 2.94. The summed E-state index contributed by atoms with van der Waals surface area (Å²) in [7, 11) is 0. The van der Waals surface area contributed by atoms with Crippen LogP contribution in [0.5, 0.6) is 5.75 Å². The predicted molar refractivity (Wildman–Crippen MR) is 145 cm³/mol. The molecule has 0 heterocycles. The van der Waals surface area contributed by atoms with E-state index < -0.39 is 16.8 Å². The first-order valence-electron chi connectivity index (χ1n) is 11.4. The lowest BCUT2D eigenvalue weighted by Crippen LogP contribution is -2.18. The molecule has 4 rings (SSSR count). The number of ether oxygens (including phenoxy) is 1. The van der Waals surface area contributed by atoms with Gasteiger partial charge in [0.25, 0.3) is 17.5 Å². The molecule has 39 heavy (non-hydrogen) atoms. The van der Waals surface area contributed by atoms with Gasteiger partial charge in [-0.1, -0.05) is 29.8 Å². The van der Waals surface area contributed by atoms with Crippen LogP contribution in [-0.2, 0) is 0 Å². The summed E-state index contributed by atoms with van der Waals surface area (Å²) in [6.45, 7) is 0. The minimum Gasteiger partial charge on any atom is -0.422 e. The largest absolute Gasteiger partial charge is 0.422 e. The highest BCUT2D eigenvalue weighted by atomic mass is 35.5. The van der Waals surface area contributed by atoms with Crippen molar-refractivity contribution >= 4 is 47.0 Å². The van der Waals surface area contributed by atoms with Crippen molar-refractivity contribution in [2.24, 2.45) is 5.10 Å². The minimum absolute atomic E-state index is 0.0215. The quantitative estimate of drug-likeness (QED) is 0.0992. The molecule has 0 aliphatic carbocycles. The van der Waals surface area contributed by atoms with Gasteiger partial charge in [0.15, 0.2) is 0 Å².